The molecule has 1 aromatic carbocycles. The van der Waals surface area contributed by atoms with Crippen LogP contribution in [0.4, 0.5) is 5.69 Å². The van der Waals surface area contributed by atoms with Crippen molar-refractivity contribution in [1.82, 2.24) is 0 Å². The summed E-state index contributed by atoms with van der Waals surface area (Å²) in [7, 11) is 0. The number of non-ortho nitro benzene ring substituents is 1. The largest absolute Gasteiger partial charge is 0.269 e. The van der Waals surface area contributed by atoms with Crippen molar-refractivity contribution in [3.05, 3.63) is 52.1 Å². The van der Waals surface area contributed by atoms with Crippen LogP contribution in [0.15, 0.2) is 36.4 Å². The molecule has 94 valence electrons. The molecule has 0 spiro atoms. The lowest BCUT2D eigenvalue weighted by molar-refractivity contribution is -0.384. The van der Waals surface area contributed by atoms with E-state index in [9.17, 15) is 10.1 Å². The summed E-state index contributed by atoms with van der Waals surface area (Å²) in [6, 6.07) is 6.74. The Morgan fingerprint density at radius 2 is 1.82 bits per heavy atom. The zero-order valence-corrected chi connectivity index (χ0v) is 10.9. The summed E-state index contributed by atoms with van der Waals surface area (Å²) in [6.45, 7) is 9.84. The third-order valence-electron chi connectivity index (χ3n) is 2.22. The van der Waals surface area contributed by atoms with Crippen LogP contribution in [-0.2, 0) is 6.42 Å². The zero-order valence-electron chi connectivity index (χ0n) is 10.9. The van der Waals surface area contributed by atoms with Crippen LogP contribution in [0, 0.1) is 10.1 Å². The van der Waals surface area contributed by atoms with E-state index in [4.69, 9.17) is 0 Å². The molecule has 0 fully saturated rings. The molecule has 0 amide bonds. The Labute approximate surface area is 103 Å². The normalized spacial score (nSPS) is 9.12. The summed E-state index contributed by atoms with van der Waals surface area (Å²) in [5.74, 6) is 0. The van der Waals surface area contributed by atoms with E-state index in [1.165, 1.54) is 5.57 Å². The van der Waals surface area contributed by atoms with Gasteiger partial charge in [0.05, 0.1) is 4.92 Å². The topological polar surface area (TPSA) is 43.1 Å². The second-order valence-corrected chi connectivity index (χ2v) is 3.73. The molecule has 0 N–H and O–H groups in total. The predicted octanol–water partition coefficient (Wildman–Crippen LogP) is 4.52. The number of hydrogen-bond acceptors (Lipinski definition) is 2. The lowest BCUT2D eigenvalue weighted by atomic mass is 10.1. The van der Waals surface area contributed by atoms with Gasteiger partial charge >= 0.3 is 0 Å². The van der Waals surface area contributed by atoms with Crippen molar-refractivity contribution in [1.29, 1.82) is 0 Å². The van der Waals surface area contributed by atoms with E-state index in [1.807, 2.05) is 32.9 Å². The van der Waals surface area contributed by atoms with E-state index in [0.717, 1.165) is 24.8 Å². The van der Waals surface area contributed by atoms with Gasteiger partial charge in [-0.25, -0.2) is 0 Å². The van der Waals surface area contributed by atoms with E-state index in [-0.39, 0.29) is 10.6 Å². The lowest BCUT2D eigenvalue weighted by Crippen LogP contribution is -1.89. The van der Waals surface area contributed by atoms with Crippen molar-refractivity contribution in [3.8, 4) is 0 Å². The number of rotatable bonds is 5. The fraction of sp³-hybridized carbons (Fsp3) is 0.429. The molecule has 0 atom stereocenters. The molecule has 0 saturated heterocycles. The summed E-state index contributed by atoms with van der Waals surface area (Å²) in [6.07, 6.45) is 3.01. The van der Waals surface area contributed by atoms with Gasteiger partial charge in [-0.05, 0) is 31.7 Å². The standard InChI is InChI=1S/C12H15NO2.C2H6/c1-10(2)4-3-5-11-6-8-12(9-7-11)13(14)15;1-2/h6-9H,1,3-5H2,2H3;1-2H3. The fourth-order valence-electron chi connectivity index (χ4n) is 1.38. The second kappa shape index (κ2) is 8.50. The second-order valence-electron chi connectivity index (χ2n) is 3.73. The van der Waals surface area contributed by atoms with Crippen molar-refractivity contribution in [2.24, 2.45) is 0 Å². The molecule has 0 bridgehead atoms. The highest BCUT2D eigenvalue weighted by Gasteiger charge is 2.03. The number of benzene rings is 1. The van der Waals surface area contributed by atoms with Crippen LogP contribution in [0.2, 0.25) is 0 Å². The van der Waals surface area contributed by atoms with E-state index in [0.29, 0.717) is 0 Å². The molecule has 3 nitrogen and oxygen atoms in total. The monoisotopic (exact) mass is 235 g/mol. The van der Waals surface area contributed by atoms with Crippen molar-refractivity contribution in [2.75, 3.05) is 0 Å². The van der Waals surface area contributed by atoms with Crippen LogP contribution < -0.4 is 0 Å². The Morgan fingerprint density at radius 3 is 2.24 bits per heavy atom. The molecule has 17 heavy (non-hydrogen) atoms. The van der Waals surface area contributed by atoms with Gasteiger partial charge in [-0.1, -0.05) is 31.6 Å². The van der Waals surface area contributed by atoms with Crippen LogP contribution in [0.1, 0.15) is 39.2 Å². The SMILES string of the molecule is C=C(C)CCCc1ccc([N+](=O)[O-])cc1.CC. The Morgan fingerprint density at radius 1 is 1.29 bits per heavy atom. The molecular weight excluding hydrogens is 214 g/mol. The highest BCUT2D eigenvalue weighted by molar-refractivity contribution is 5.32. The zero-order chi connectivity index (χ0) is 13.3. The number of aryl methyl sites for hydroxylation is 1. The van der Waals surface area contributed by atoms with Crippen molar-refractivity contribution in [3.63, 3.8) is 0 Å². The summed E-state index contributed by atoms with van der Waals surface area (Å²) >= 11 is 0. The highest BCUT2D eigenvalue weighted by atomic mass is 16.6. The van der Waals surface area contributed by atoms with E-state index >= 15 is 0 Å². The quantitative estimate of drug-likeness (QED) is 0.428. The molecule has 0 radical (unpaired) electrons. The summed E-state index contributed by atoms with van der Waals surface area (Å²) in [5, 5.41) is 10.4. The molecule has 0 aliphatic rings. The van der Waals surface area contributed by atoms with E-state index < -0.39 is 0 Å². The highest BCUT2D eigenvalue weighted by Crippen LogP contribution is 2.14. The first-order chi connectivity index (χ1) is 8.09. The Bertz CT molecular complexity index is 355. The van der Waals surface area contributed by atoms with Gasteiger partial charge in [-0.15, -0.1) is 6.58 Å². The van der Waals surface area contributed by atoms with Crippen LogP contribution in [0.5, 0.6) is 0 Å². The van der Waals surface area contributed by atoms with Crippen LogP contribution in [0.25, 0.3) is 0 Å². The summed E-state index contributed by atoms with van der Waals surface area (Å²) < 4.78 is 0. The molecule has 1 aromatic rings. The van der Waals surface area contributed by atoms with Gasteiger partial charge in [0.25, 0.3) is 5.69 Å². The lowest BCUT2D eigenvalue weighted by Gasteiger charge is -2.00. The minimum Gasteiger partial charge on any atom is -0.258 e. The van der Waals surface area contributed by atoms with Crippen molar-refractivity contribution < 1.29 is 4.92 Å². The summed E-state index contributed by atoms with van der Waals surface area (Å²) in [4.78, 5) is 10.0. The molecule has 0 heterocycles. The minimum absolute atomic E-state index is 0.152. The molecular formula is C14H21NO2. The van der Waals surface area contributed by atoms with Gasteiger partial charge < -0.3 is 0 Å². The third-order valence-corrected chi connectivity index (χ3v) is 2.22. The number of nitrogens with zero attached hydrogens (tertiary/aromatic N) is 1. The maximum absolute atomic E-state index is 10.4. The number of nitro groups is 1. The van der Waals surface area contributed by atoms with Gasteiger partial charge in [0.15, 0.2) is 0 Å². The molecule has 1 rings (SSSR count). The number of allylic oxidation sites excluding steroid dienone is 1. The maximum Gasteiger partial charge on any atom is 0.269 e. The molecule has 3 heteroatoms. The molecule has 0 saturated carbocycles. The van der Waals surface area contributed by atoms with Crippen LogP contribution >= 0.6 is 0 Å². The first-order valence-corrected chi connectivity index (χ1v) is 5.97. The average Bonchev–Trinajstić information content (AvgIpc) is 2.32. The Hall–Kier alpha value is -1.64. The van der Waals surface area contributed by atoms with Gasteiger partial charge in [0, 0.05) is 12.1 Å². The van der Waals surface area contributed by atoms with Crippen molar-refractivity contribution in [2.45, 2.75) is 40.0 Å². The Balaban J connectivity index is 0.00000121. The minimum atomic E-state index is -0.377. The average molecular weight is 235 g/mol. The number of hydrogen-bond donors (Lipinski definition) is 0. The van der Waals surface area contributed by atoms with Gasteiger partial charge in [0.1, 0.15) is 0 Å². The van der Waals surface area contributed by atoms with E-state index in [1.54, 1.807) is 12.1 Å². The smallest absolute Gasteiger partial charge is 0.258 e. The first kappa shape index (κ1) is 15.4. The molecule has 0 aromatic heterocycles. The fourth-order valence-corrected chi connectivity index (χ4v) is 1.38. The van der Waals surface area contributed by atoms with E-state index in [2.05, 4.69) is 6.58 Å². The van der Waals surface area contributed by atoms with Crippen LogP contribution in [0.3, 0.4) is 0 Å². The van der Waals surface area contributed by atoms with Crippen molar-refractivity contribution >= 4 is 5.69 Å². The van der Waals surface area contributed by atoms with Crippen LogP contribution in [-0.4, -0.2) is 4.92 Å². The first-order valence-electron chi connectivity index (χ1n) is 5.97. The predicted molar refractivity (Wildman–Crippen MR) is 72.2 cm³/mol. The molecule has 0 aliphatic heterocycles. The third kappa shape index (κ3) is 6.51. The number of nitro benzene ring substituents is 1. The van der Waals surface area contributed by atoms with Gasteiger partial charge in [-0.3, -0.25) is 10.1 Å². The summed E-state index contributed by atoms with van der Waals surface area (Å²) in [5.41, 5.74) is 2.47. The van der Waals surface area contributed by atoms with Gasteiger partial charge in [0.2, 0.25) is 0 Å². The Kier molecular flexibility index (Phi) is 7.68. The molecule has 0 aliphatic carbocycles. The maximum atomic E-state index is 10.4. The molecule has 0 unspecified atom stereocenters. The van der Waals surface area contributed by atoms with Gasteiger partial charge in [-0.2, -0.15) is 0 Å².